The molecule has 2 aromatic carbocycles. The van der Waals surface area contributed by atoms with E-state index in [0.29, 0.717) is 36.9 Å². The molecule has 1 heterocycles. The minimum Gasteiger partial charge on any atom is -0.480 e. The fourth-order valence-corrected chi connectivity index (χ4v) is 4.81. The number of hydrogen-bond donors (Lipinski definition) is 4. The number of benzene rings is 2. The molecule has 16 heteroatoms. The molecular formula is C30H37ClF5N5O5. The van der Waals surface area contributed by atoms with E-state index in [0.717, 1.165) is 12.1 Å². The van der Waals surface area contributed by atoms with Crippen molar-refractivity contribution in [3.8, 4) is 0 Å². The van der Waals surface area contributed by atoms with Gasteiger partial charge in [-0.3, -0.25) is 14.5 Å². The summed E-state index contributed by atoms with van der Waals surface area (Å²) in [5.74, 6) is -5.02. The number of carbonyl (C=O) groups excluding carboxylic acids is 2. The van der Waals surface area contributed by atoms with E-state index in [-0.39, 0.29) is 37.3 Å². The van der Waals surface area contributed by atoms with E-state index < -0.39 is 59.4 Å². The van der Waals surface area contributed by atoms with Crippen molar-refractivity contribution in [2.45, 2.75) is 58.0 Å². The van der Waals surface area contributed by atoms with Crippen molar-refractivity contribution in [1.29, 1.82) is 0 Å². The summed E-state index contributed by atoms with van der Waals surface area (Å²) in [4.78, 5) is 40.0. The monoisotopic (exact) mass is 677 g/mol. The number of piperazine rings is 1. The van der Waals surface area contributed by atoms with E-state index in [4.69, 9.17) is 16.3 Å². The second-order valence-electron chi connectivity index (χ2n) is 11.7. The normalized spacial score (nSPS) is 14.9. The van der Waals surface area contributed by atoms with Gasteiger partial charge in [0.15, 0.2) is 11.6 Å². The second kappa shape index (κ2) is 15.7. The first-order valence-corrected chi connectivity index (χ1v) is 14.9. The number of carboxylic acids is 1. The number of carbonyl (C=O) groups is 3. The fourth-order valence-electron chi connectivity index (χ4n) is 4.64. The summed E-state index contributed by atoms with van der Waals surface area (Å²) in [6, 6.07) is 5.56. The molecule has 1 saturated heterocycles. The highest BCUT2D eigenvalue weighted by molar-refractivity contribution is 6.31. The third kappa shape index (κ3) is 11.3. The Kier molecular flexibility index (Phi) is 12.6. The van der Waals surface area contributed by atoms with Gasteiger partial charge < -0.3 is 30.7 Å². The topological polar surface area (TPSA) is 123 Å². The average molecular weight is 678 g/mol. The lowest BCUT2D eigenvalue weighted by Crippen LogP contribution is -2.47. The van der Waals surface area contributed by atoms with Crippen molar-refractivity contribution in [3.63, 3.8) is 0 Å². The number of nitrogens with one attached hydrogen (secondary N) is 3. The van der Waals surface area contributed by atoms with E-state index in [1.165, 1.54) is 12.1 Å². The fraction of sp³-hybridized carbons (Fsp3) is 0.500. The van der Waals surface area contributed by atoms with Gasteiger partial charge in [-0.15, -0.1) is 0 Å². The Bertz CT molecular complexity index is 1400. The number of halogens is 6. The summed E-state index contributed by atoms with van der Waals surface area (Å²) in [6.45, 7) is 5.82. The Balaban J connectivity index is 1.63. The van der Waals surface area contributed by atoms with Crippen LogP contribution in [0.5, 0.6) is 0 Å². The molecule has 0 spiro atoms. The highest BCUT2D eigenvalue weighted by Crippen LogP contribution is 2.31. The van der Waals surface area contributed by atoms with Crippen molar-refractivity contribution >= 4 is 40.9 Å². The molecule has 0 radical (unpaired) electrons. The van der Waals surface area contributed by atoms with Gasteiger partial charge in [0.2, 0.25) is 0 Å². The molecule has 10 nitrogen and oxygen atoms in total. The van der Waals surface area contributed by atoms with Crippen molar-refractivity contribution in [2.75, 3.05) is 49.5 Å². The number of ether oxygens (including phenoxy) is 1. The third-order valence-electron chi connectivity index (χ3n) is 6.98. The van der Waals surface area contributed by atoms with Crippen molar-refractivity contribution < 1.29 is 46.2 Å². The molecular weight excluding hydrogens is 641 g/mol. The molecule has 0 unspecified atom stereocenters. The summed E-state index contributed by atoms with van der Waals surface area (Å²) in [7, 11) is 0. The van der Waals surface area contributed by atoms with Gasteiger partial charge in [0.05, 0.1) is 23.4 Å². The molecule has 4 N–H and O–H groups in total. The zero-order valence-electron chi connectivity index (χ0n) is 25.6. The molecule has 0 aromatic heterocycles. The van der Waals surface area contributed by atoms with Gasteiger partial charge in [0.1, 0.15) is 11.6 Å². The highest BCUT2D eigenvalue weighted by atomic mass is 35.5. The van der Waals surface area contributed by atoms with Crippen molar-refractivity contribution in [2.24, 2.45) is 0 Å². The Labute approximate surface area is 268 Å². The third-order valence-corrected chi connectivity index (χ3v) is 7.21. The van der Waals surface area contributed by atoms with Crippen LogP contribution in [0.3, 0.4) is 0 Å². The standard InChI is InChI=1S/C30H37ClF5N5O5/c1-29(2,3)46-28(45)37-10-8-22(27(43)44)38-17-18-4-6-20(25(33)24(18)32)26(42)39-21-7-5-19(31)16-23(21)41-14-12-40(13-15-41)11-9-30(34,35)36/h4-7,16,22,38H,8-15,17H2,1-3H3,(H,37,45)(H,39,42)(H,43,44)/t22-/m0/s1. The zero-order chi connectivity index (χ0) is 34.2. The van der Waals surface area contributed by atoms with E-state index in [9.17, 15) is 32.7 Å². The van der Waals surface area contributed by atoms with E-state index in [2.05, 4.69) is 16.0 Å². The Morgan fingerprint density at radius 1 is 1.02 bits per heavy atom. The maximum Gasteiger partial charge on any atom is 0.407 e. The lowest BCUT2D eigenvalue weighted by atomic mass is 10.1. The van der Waals surface area contributed by atoms with E-state index >= 15 is 8.78 Å². The number of nitrogens with zero attached hydrogens (tertiary/aromatic N) is 2. The van der Waals surface area contributed by atoms with Crippen LogP contribution in [0.2, 0.25) is 5.02 Å². The van der Waals surface area contributed by atoms with Crippen LogP contribution >= 0.6 is 11.6 Å². The van der Waals surface area contributed by atoms with Gasteiger partial charge in [-0.1, -0.05) is 17.7 Å². The number of amides is 2. The lowest BCUT2D eigenvalue weighted by Gasteiger charge is -2.37. The minimum atomic E-state index is -4.26. The van der Waals surface area contributed by atoms with Crippen molar-refractivity contribution in [3.05, 3.63) is 58.1 Å². The molecule has 2 aromatic rings. The molecule has 1 aliphatic rings. The first-order valence-electron chi connectivity index (χ1n) is 14.5. The Morgan fingerprint density at radius 3 is 2.30 bits per heavy atom. The molecule has 1 aliphatic heterocycles. The first-order chi connectivity index (χ1) is 21.4. The molecule has 3 rings (SSSR count). The van der Waals surface area contributed by atoms with Crippen LogP contribution < -0.4 is 20.9 Å². The van der Waals surface area contributed by atoms with Crippen LogP contribution in [-0.4, -0.2) is 85.1 Å². The summed E-state index contributed by atoms with van der Waals surface area (Å²) >= 11 is 6.17. The van der Waals surface area contributed by atoms with Crippen LogP contribution in [0.25, 0.3) is 0 Å². The average Bonchev–Trinajstić information content (AvgIpc) is 2.95. The number of alkyl carbamates (subject to hydrolysis) is 1. The SMILES string of the molecule is CC(C)(C)OC(=O)NCC[C@H](NCc1ccc(C(=O)Nc2ccc(Cl)cc2N2CCN(CCC(F)(F)F)CC2)c(F)c1F)C(=O)O. The molecule has 46 heavy (non-hydrogen) atoms. The number of anilines is 2. The first kappa shape index (κ1) is 36.8. The molecule has 1 atom stereocenters. The van der Waals surface area contributed by atoms with Gasteiger partial charge in [-0.05, 0) is 51.5 Å². The predicted octanol–water partition coefficient (Wildman–Crippen LogP) is 5.40. The Hall–Kier alpha value is -3.69. The predicted molar refractivity (Wildman–Crippen MR) is 162 cm³/mol. The smallest absolute Gasteiger partial charge is 0.407 e. The van der Waals surface area contributed by atoms with Gasteiger partial charge in [-0.25, -0.2) is 13.6 Å². The van der Waals surface area contributed by atoms with Gasteiger partial charge >= 0.3 is 18.2 Å². The summed E-state index contributed by atoms with van der Waals surface area (Å²) < 4.78 is 73.0. The number of aliphatic carboxylic acids is 1. The number of alkyl halides is 3. The van der Waals surface area contributed by atoms with Gasteiger partial charge in [-0.2, -0.15) is 13.2 Å². The highest BCUT2D eigenvalue weighted by Gasteiger charge is 2.29. The van der Waals surface area contributed by atoms with Crippen LogP contribution in [-0.2, 0) is 16.1 Å². The largest absolute Gasteiger partial charge is 0.480 e. The number of rotatable bonds is 12. The van der Waals surface area contributed by atoms with Gasteiger partial charge in [0, 0.05) is 56.4 Å². The summed E-state index contributed by atoms with van der Waals surface area (Å²) in [5, 5.41) is 17.4. The molecule has 1 fully saturated rings. The maximum absolute atomic E-state index is 15.1. The van der Waals surface area contributed by atoms with Crippen LogP contribution in [0.4, 0.5) is 38.1 Å². The van der Waals surface area contributed by atoms with Gasteiger partial charge in [0.25, 0.3) is 5.91 Å². The molecule has 0 saturated carbocycles. The van der Waals surface area contributed by atoms with Crippen molar-refractivity contribution in [1.82, 2.24) is 15.5 Å². The molecule has 0 aliphatic carbocycles. The van der Waals surface area contributed by atoms with E-state index in [1.807, 2.05) is 4.90 Å². The van der Waals surface area contributed by atoms with Crippen LogP contribution in [0.15, 0.2) is 30.3 Å². The number of carboxylic acid groups (broad SMARTS) is 1. The zero-order valence-corrected chi connectivity index (χ0v) is 26.3. The number of hydrogen-bond acceptors (Lipinski definition) is 7. The Morgan fingerprint density at radius 2 is 1.70 bits per heavy atom. The lowest BCUT2D eigenvalue weighted by molar-refractivity contribution is -0.140. The minimum absolute atomic E-state index is 0.0603. The summed E-state index contributed by atoms with van der Waals surface area (Å²) in [6.07, 6.45) is -5.98. The van der Waals surface area contributed by atoms with E-state index in [1.54, 1.807) is 31.7 Å². The van der Waals surface area contributed by atoms with Crippen LogP contribution in [0, 0.1) is 11.6 Å². The molecule has 2 amide bonds. The van der Waals surface area contributed by atoms with Crippen LogP contribution in [0.1, 0.15) is 49.5 Å². The summed E-state index contributed by atoms with van der Waals surface area (Å²) in [5.41, 5.74) is -0.852. The molecule has 0 bridgehead atoms. The second-order valence-corrected chi connectivity index (χ2v) is 12.1. The maximum atomic E-state index is 15.1. The quantitative estimate of drug-likeness (QED) is 0.220. The molecule has 254 valence electrons.